The molecule has 0 aromatic heterocycles. The summed E-state index contributed by atoms with van der Waals surface area (Å²) in [7, 11) is 0. The van der Waals surface area contributed by atoms with Crippen molar-refractivity contribution in [1.82, 2.24) is 0 Å². The summed E-state index contributed by atoms with van der Waals surface area (Å²) in [5.74, 6) is -0.315. The average molecular weight is 252 g/mol. The third-order valence-corrected chi connectivity index (χ3v) is 2.79. The van der Waals surface area contributed by atoms with E-state index < -0.39 is 0 Å². The lowest BCUT2D eigenvalue weighted by atomic mass is 10.1. The van der Waals surface area contributed by atoms with E-state index in [0.29, 0.717) is 6.61 Å². The SMILES string of the molecule is CC(=CC(=O)OCc1ccccc1)c1ccccc1. The number of carbonyl (C=O) groups is 1. The second kappa shape index (κ2) is 6.55. The zero-order valence-corrected chi connectivity index (χ0v) is 10.9. The van der Waals surface area contributed by atoms with E-state index in [-0.39, 0.29) is 5.97 Å². The number of ether oxygens (including phenoxy) is 1. The Bertz CT molecular complexity index is 556. The second-order valence-electron chi connectivity index (χ2n) is 4.29. The third-order valence-electron chi connectivity index (χ3n) is 2.79. The summed E-state index contributed by atoms with van der Waals surface area (Å²) >= 11 is 0. The van der Waals surface area contributed by atoms with Crippen molar-refractivity contribution < 1.29 is 9.53 Å². The van der Waals surface area contributed by atoms with Crippen molar-refractivity contribution in [1.29, 1.82) is 0 Å². The van der Waals surface area contributed by atoms with E-state index >= 15 is 0 Å². The van der Waals surface area contributed by atoms with Gasteiger partial charge in [-0.25, -0.2) is 4.79 Å². The Balaban J connectivity index is 1.94. The van der Waals surface area contributed by atoms with Crippen LogP contribution in [0, 0.1) is 0 Å². The fourth-order valence-corrected chi connectivity index (χ4v) is 1.73. The topological polar surface area (TPSA) is 26.3 Å². The second-order valence-corrected chi connectivity index (χ2v) is 4.29. The first-order chi connectivity index (χ1) is 9.25. The number of allylic oxidation sites excluding steroid dienone is 1. The van der Waals surface area contributed by atoms with E-state index in [1.807, 2.05) is 67.6 Å². The molecule has 0 unspecified atom stereocenters. The van der Waals surface area contributed by atoms with Crippen molar-refractivity contribution in [3.8, 4) is 0 Å². The number of rotatable bonds is 4. The van der Waals surface area contributed by atoms with Crippen LogP contribution >= 0.6 is 0 Å². The van der Waals surface area contributed by atoms with Gasteiger partial charge < -0.3 is 4.74 Å². The van der Waals surface area contributed by atoms with Crippen LogP contribution in [0.5, 0.6) is 0 Å². The summed E-state index contributed by atoms with van der Waals surface area (Å²) in [6, 6.07) is 19.4. The Morgan fingerprint density at radius 2 is 1.58 bits per heavy atom. The summed E-state index contributed by atoms with van der Waals surface area (Å²) in [4.78, 5) is 11.7. The standard InChI is InChI=1S/C17H16O2/c1-14(16-10-6-3-7-11-16)12-17(18)19-13-15-8-4-2-5-9-15/h2-12H,13H2,1H3. The van der Waals surface area contributed by atoms with Crippen LogP contribution in [-0.4, -0.2) is 5.97 Å². The smallest absolute Gasteiger partial charge is 0.331 e. The number of benzene rings is 2. The summed E-state index contributed by atoms with van der Waals surface area (Å²) in [6.45, 7) is 2.21. The van der Waals surface area contributed by atoms with Gasteiger partial charge in [-0.1, -0.05) is 60.7 Å². The van der Waals surface area contributed by atoms with Gasteiger partial charge in [0.15, 0.2) is 0 Å². The van der Waals surface area contributed by atoms with Gasteiger partial charge in [-0.15, -0.1) is 0 Å². The van der Waals surface area contributed by atoms with Crippen molar-refractivity contribution >= 4 is 11.5 Å². The molecule has 0 saturated carbocycles. The maximum Gasteiger partial charge on any atom is 0.331 e. The molecule has 0 fully saturated rings. The number of hydrogen-bond donors (Lipinski definition) is 0. The number of hydrogen-bond acceptors (Lipinski definition) is 2. The molecule has 0 aliphatic heterocycles. The minimum absolute atomic E-state index is 0.304. The van der Waals surface area contributed by atoms with Crippen LogP contribution in [0.25, 0.3) is 5.57 Å². The first kappa shape index (κ1) is 13.1. The predicted molar refractivity (Wildman–Crippen MR) is 76.3 cm³/mol. The van der Waals surface area contributed by atoms with Gasteiger partial charge in [0.2, 0.25) is 0 Å². The molecule has 0 atom stereocenters. The largest absolute Gasteiger partial charge is 0.458 e. The van der Waals surface area contributed by atoms with Crippen LogP contribution in [0.2, 0.25) is 0 Å². The van der Waals surface area contributed by atoms with Gasteiger partial charge in [0.25, 0.3) is 0 Å². The maximum atomic E-state index is 11.7. The predicted octanol–water partition coefficient (Wildman–Crippen LogP) is 3.83. The lowest BCUT2D eigenvalue weighted by Crippen LogP contribution is -2.01. The van der Waals surface area contributed by atoms with Crippen LogP contribution in [-0.2, 0) is 16.1 Å². The summed E-state index contributed by atoms with van der Waals surface area (Å²) in [6.07, 6.45) is 1.53. The van der Waals surface area contributed by atoms with E-state index in [4.69, 9.17) is 4.74 Å². The van der Waals surface area contributed by atoms with E-state index in [2.05, 4.69) is 0 Å². The van der Waals surface area contributed by atoms with Crippen LogP contribution in [0.1, 0.15) is 18.1 Å². The van der Waals surface area contributed by atoms with Crippen LogP contribution in [0.15, 0.2) is 66.7 Å². The van der Waals surface area contributed by atoms with Crippen molar-refractivity contribution in [3.63, 3.8) is 0 Å². The van der Waals surface area contributed by atoms with Gasteiger partial charge in [-0.05, 0) is 23.6 Å². The summed E-state index contributed by atoms with van der Waals surface area (Å²) in [5.41, 5.74) is 2.92. The first-order valence-corrected chi connectivity index (χ1v) is 6.20. The molecule has 96 valence electrons. The molecule has 0 aliphatic rings. The number of esters is 1. The van der Waals surface area contributed by atoms with Gasteiger partial charge in [0.1, 0.15) is 6.61 Å². The van der Waals surface area contributed by atoms with Gasteiger partial charge in [-0.2, -0.15) is 0 Å². The maximum absolute atomic E-state index is 11.7. The molecule has 0 spiro atoms. The summed E-state index contributed by atoms with van der Waals surface area (Å²) < 4.78 is 5.20. The molecule has 2 aromatic rings. The zero-order valence-electron chi connectivity index (χ0n) is 10.9. The van der Waals surface area contributed by atoms with Crippen molar-refractivity contribution in [2.24, 2.45) is 0 Å². The van der Waals surface area contributed by atoms with Crippen molar-refractivity contribution in [2.75, 3.05) is 0 Å². The molecule has 2 heteroatoms. The quantitative estimate of drug-likeness (QED) is 0.610. The average Bonchev–Trinajstić information content (AvgIpc) is 2.47. The Morgan fingerprint density at radius 3 is 2.21 bits per heavy atom. The highest BCUT2D eigenvalue weighted by atomic mass is 16.5. The highest BCUT2D eigenvalue weighted by Crippen LogP contribution is 2.13. The molecule has 2 aromatic carbocycles. The van der Waals surface area contributed by atoms with Gasteiger partial charge in [0.05, 0.1) is 0 Å². The molecule has 0 bridgehead atoms. The molecule has 2 nitrogen and oxygen atoms in total. The third kappa shape index (κ3) is 4.11. The Kier molecular flexibility index (Phi) is 4.51. The van der Waals surface area contributed by atoms with Gasteiger partial charge >= 0.3 is 5.97 Å². The van der Waals surface area contributed by atoms with E-state index in [1.165, 1.54) is 6.08 Å². The number of carbonyl (C=O) groups excluding carboxylic acids is 1. The lowest BCUT2D eigenvalue weighted by Gasteiger charge is -2.04. The fraction of sp³-hybridized carbons (Fsp3) is 0.118. The molecule has 0 saturated heterocycles. The van der Waals surface area contributed by atoms with Gasteiger partial charge in [0, 0.05) is 6.08 Å². The van der Waals surface area contributed by atoms with Crippen molar-refractivity contribution in [2.45, 2.75) is 13.5 Å². The molecule has 0 radical (unpaired) electrons. The Morgan fingerprint density at radius 1 is 1.00 bits per heavy atom. The molecule has 0 amide bonds. The molecule has 0 aliphatic carbocycles. The van der Waals surface area contributed by atoms with Crippen molar-refractivity contribution in [3.05, 3.63) is 77.9 Å². The van der Waals surface area contributed by atoms with Crippen LogP contribution in [0.3, 0.4) is 0 Å². The van der Waals surface area contributed by atoms with Gasteiger partial charge in [-0.3, -0.25) is 0 Å². The highest BCUT2D eigenvalue weighted by molar-refractivity contribution is 5.90. The summed E-state index contributed by atoms with van der Waals surface area (Å²) in [5, 5.41) is 0. The van der Waals surface area contributed by atoms with E-state index in [9.17, 15) is 4.79 Å². The minimum atomic E-state index is -0.315. The fourth-order valence-electron chi connectivity index (χ4n) is 1.73. The molecule has 0 heterocycles. The molecule has 2 rings (SSSR count). The molecule has 19 heavy (non-hydrogen) atoms. The molecular weight excluding hydrogens is 236 g/mol. The minimum Gasteiger partial charge on any atom is -0.458 e. The Labute approximate surface area is 113 Å². The highest BCUT2D eigenvalue weighted by Gasteiger charge is 2.02. The first-order valence-electron chi connectivity index (χ1n) is 6.20. The monoisotopic (exact) mass is 252 g/mol. The zero-order chi connectivity index (χ0) is 13.5. The Hall–Kier alpha value is -2.35. The lowest BCUT2D eigenvalue weighted by molar-refractivity contribution is -0.138. The van der Waals surface area contributed by atoms with Crippen LogP contribution in [0.4, 0.5) is 0 Å². The van der Waals surface area contributed by atoms with E-state index in [1.54, 1.807) is 0 Å². The normalized spacial score (nSPS) is 11.1. The molecule has 0 N–H and O–H groups in total. The van der Waals surface area contributed by atoms with Crippen LogP contribution < -0.4 is 0 Å². The molecular formula is C17H16O2. The van der Waals surface area contributed by atoms with E-state index in [0.717, 1.165) is 16.7 Å².